The van der Waals surface area contributed by atoms with Crippen LogP contribution >= 0.6 is 21.6 Å². The van der Waals surface area contributed by atoms with Crippen LogP contribution in [0.5, 0.6) is 0 Å². The zero-order valence-electron chi connectivity index (χ0n) is 57.8. The summed E-state index contributed by atoms with van der Waals surface area (Å²) >= 11 is 0. The number of carbonyl (C=O) groups is 1. The average Bonchev–Trinajstić information content (AvgIpc) is 3.71. The number of allylic oxidation sites excluding steroid dienone is 12. The van der Waals surface area contributed by atoms with Gasteiger partial charge in [-0.15, -0.1) is 0 Å². The van der Waals surface area contributed by atoms with Crippen molar-refractivity contribution in [1.29, 1.82) is 0 Å². The monoisotopic (exact) mass is 1270 g/mol. The highest BCUT2D eigenvalue weighted by molar-refractivity contribution is 8.76. The Morgan fingerprint density at radius 3 is 1.15 bits per heavy atom. The Balaban J connectivity index is 2.42. The lowest BCUT2D eigenvalue weighted by atomic mass is 10.0. The second-order valence-corrected chi connectivity index (χ2v) is 28.3. The van der Waals surface area contributed by atoms with E-state index in [2.05, 4.69) is 120 Å². The second kappa shape index (κ2) is 66.7. The third-order valence-electron chi connectivity index (χ3n) is 17.1. The Hall–Kier alpha value is -1.71. The first kappa shape index (κ1) is 84.3. The number of esters is 1. The van der Waals surface area contributed by atoms with Gasteiger partial charge in [-0.25, -0.2) is 0 Å². The average molecular weight is 1270 g/mol. The Morgan fingerprint density at radius 2 is 0.739 bits per heavy atom. The van der Waals surface area contributed by atoms with Crippen molar-refractivity contribution in [2.45, 2.75) is 309 Å². The van der Waals surface area contributed by atoms with Crippen LogP contribution in [0.25, 0.3) is 0 Å². The lowest BCUT2D eigenvalue weighted by Crippen LogP contribution is -2.47. The summed E-state index contributed by atoms with van der Waals surface area (Å²) in [6, 6.07) is 0. The SMILES string of the molecule is CC/C=C\C/C=C\C/C=C\CCCCCCC(O)CN(CCCCC(=O)OCCN1CCN(CCSSCCCN(CC(O)CCCCCCCCCC)CC(O)CCCCCCCCCC)CC1)CC(O)CCCCCC/C=C\C/C=C\C/C=C\CC. The molecule has 4 unspecified atom stereocenters. The third-order valence-corrected chi connectivity index (χ3v) is 19.5. The van der Waals surface area contributed by atoms with Crippen molar-refractivity contribution < 1.29 is 30.0 Å². The summed E-state index contributed by atoms with van der Waals surface area (Å²) in [6.45, 7) is 19.4. The molecule has 1 fully saturated rings. The molecular formula is C76H142N4O6S2. The highest BCUT2D eigenvalue weighted by atomic mass is 33.1. The third kappa shape index (κ3) is 59.3. The molecule has 10 nitrogen and oxygen atoms in total. The van der Waals surface area contributed by atoms with Crippen molar-refractivity contribution in [1.82, 2.24) is 19.6 Å². The normalized spacial score (nSPS) is 15.4. The van der Waals surface area contributed by atoms with Crippen LogP contribution in [0.4, 0.5) is 0 Å². The van der Waals surface area contributed by atoms with Crippen LogP contribution in [-0.2, 0) is 9.53 Å². The predicted octanol–water partition coefficient (Wildman–Crippen LogP) is 18.6. The van der Waals surface area contributed by atoms with Gasteiger partial charge >= 0.3 is 5.97 Å². The van der Waals surface area contributed by atoms with Crippen LogP contribution in [0.1, 0.15) is 285 Å². The van der Waals surface area contributed by atoms with Gasteiger partial charge in [0, 0.05) is 83.4 Å². The van der Waals surface area contributed by atoms with E-state index in [1.165, 1.54) is 116 Å². The van der Waals surface area contributed by atoms with E-state index in [9.17, 15) is 25.2 Å². The summed E-state index contributed by atoms with van der Waals surface area (Å²) in [5.74, 6) is 2.05. The van der Waals surface area contributed by atoms with E-state index in [-0.39, 0.29) is 18.2 Å². The fourth-order valence-electron chi connectivity index (χ4n) is 11.6. The lowest BCUT2D eigenvalue weighted by Gasteiger charge is -2.34. The zero-order valence-corrected chi connectivity index (χ0v) is 59.5. The highest BCUT2D eigenvalue weighted by Gasteiger charge is 2.20. The van der Waals surface area contributed by atoms with Crippen molar-refractivity contribution in [2.24, 2.45) is 0 Å². The molecule has 1 heterocycles. The first-order valence-corrected chi connectivity index (χ1v) is 39.6. The molecule has 0 spiro atoms. The van der Waals surface area contributed by atoms with Crippen molar-refractivity contribution >= 4 is 27.6 Å². The number of unbranched alkanes of at least 4 members (excludes halogenated alkanes) is 23. The van der Waals surface area contributed by atoms with E-state index in [0.717, 1.165) is 199 Å². The summed E-state index contributed by atoms with van der Waals surface area (Å²) in [6.07, 6.45) is 69.7. The van der Waals surface area contributed by atoms with Crippen LogP contribution in [0.2, 0.25) is 0 Å². The van der Waals surface area contributed by atoms with Crippen molar-refractivity contribution in [3.63, 3.8) is 0 Å². The molecule has 0 aromatic carbocycles. The van der Waals surface area contributed by atoms with Crippen LogP contribution in [0.15, 0.2) is 72.9 Å². The van der Waals surface area contributed by atoms with E-state index in [1.54, 1.807) is 0 Å². The Kier molecular flexibility index (Phi) is 63.9. The number of nitrogens with zero attached hydrogens (tertiary/aromatic N) is 4. The van der Waals surface area contributed by atoms with E-state index < -0.39 is 12.2 Å². The van der Waals surface area contributed by atoms with Crippen LogP contribution in [0, 0.1) is 0 Å². The van der Waals surface area contributed by atoms with Crippen molar-refractivity contribution in [3.8, 4) is 0 Å². The molecule has 4 atom stereocenters. The Morgan fingerprint density at radius 1 is 0.398 bits per heavy atom. The van der Waals surface area contributed by atoms with Crippen molar-refractivity contribution in [2.75, 3.05) is 96.6 Å². The van der Waals surface area contributed by atoms with Gasteiger partial charge in [-0.2, -0.15) is 0 Å². The molecule has 0 bridgehead atoms. The molecule has 0 aliphatic carbocycles. The molecule has 4 N–H and O–H groups in total. The van der Waals surface area contributed by atoms with Crippen molar-refractivity contribution in [3.05, 3.63) is 72.9 Å². The summed E-state index contributed by atoms with van der Waals surface area (Å²) < 4.78 is 5.74. The predicted molar refractivity (Wildman–Crippen MR) is 388 cm³/mol. The summed E-state index contributed by atoms with van der Waals surface area (Å²) in [5, 5.41) is 44.4. The largest absolute Gasteiger partial charge is 0.464 e. The fraction of sp³-hybridized carbons (Fsp3) is 0.829. The molecule has 12 heteroatoms. The first-order valence-electron chi connectivity index (χ1n) is 37.1. The number of aliphatic hydroxyl groups is 4. The molecule has 0 aromatic rings. The topological polar surface area (TPSA) is 120 Å². The number of ether oxygens (including phenoxy) is 1. The number of hydrogen-bond donors (Lipinski definition) is 4. The summed E-state index contributed by atoms with van der Waals surface area (Å²) in [4.78, 5) is 22.4. The summed E-state index contributed by atoms with van der Waals surface area (Å²) in [7, 11) is 3.94. The van der Waals surface area contributed by atoms with Gasteiger partial charge in [0.1, 0.15) is 6.61 Å². The summed E-state index contributed by atoms with van der Waals surface area (Å²) in [5.41, 5.74) is 0. The van der Waals surface area contributed by atoms with E-state index in [0.29, 0.717) is 39.2 Å². The molecule has 1 saturated heterocycles. The molecule has 0 saturated carbocycles. The minimum absolute atomic E-state index is 0.128. The van der Waals surface area contributed by atoms with Gasteiger partial charge in [-0.3, -0.25) is 24.4 Å². The van der Waals surface area contributed by atoms with Crippen LogP contribution in [0.3, 0.4) is 0 Å². The van der Waals surface area contributed by atoms with E-state index >= 15 is 0 Å². The molecule has 0 radical (unpaired) electrons. The number of carbonyl (C=O) groups excluding carboxylic acids is 1. The van der Waals surface area contributed by atoms with Gasteiger partial charge in [-0.1, -0.05) is 263 Å². The highest BCUT2D eigenvalue weighted by Crippen LogP contribution is 2.23. The second-order valence-electron chi connectivity index (χ2n) is 25.6. The lowest BCUT2D eigenvalue weighted by molar-refractivity contribution is -0.144. The number of aliphatic hydroxyl groups excluding tert-OH is 4. The molecular weight excluding hydrogens is 1130 g/mol. The van der Waals surface area contributed by atoms with Crippen LogP contribution < -0.4 is 0 Å². The number of hydrogen-bond acceptors (Lipinski definition) is 12. The standard InChI is InChI=1S/C76H142N4O6S2/c1-5-9-13-17-21-25-27-29-31-33-35-39-43-47-52-72(81)68-79(69-73(82)53-48-44-40-36-34-32-30-28-26-22-18-14-10-6-2)57-50-49-56-76(85)86-65-63-77-59-61-78(62-60-77)64-67-88-87-66-51-58-80(70-74(83)54-45-41-37-23-19-15-11-7-3)71-75(84)55-46-42-38-24-20-16-12-8-4/h9-10,13-14,21-22,25-26,29-32,72-75,81-84H,5-8,11-12,15-20,23-24,27-28,33-71H2,1-4H3/b13-9-,14-10-,25-21-,26-22-,31-29-,32-30-. The van der Waals surface area contributed by atoms with Crippen LogP contribution in [-0.4, -0.2) is 167 Å². The van der Waals surface area contributed by atoms with Gasteiger partial charge in [0.2, 0.25) is 0 Å². The molecule has 0 amide bonds. The van der Waals surface area contributed by atoms with Gasteiger partial charge in [0.15, 0.2) is 0 Å². The van der Waals surface area contributed by atoms with E-state index in [1.807, 2.05) is 21.6 Å². The molecule has 0 aromatic heterocycles. The first-order chi connectivity index (χ1) is 43.2. The number of rotatable bonds is 66. The zero-order chi connectivity index (χ0) is 63.7. The quantitative estimate of drug-likeness (QED) is 0.0201. The maximum Gasteiger partial charge on any atom is 0.305 e. The Labute approximate surface area is 552 Å². The molecule has 1 aliphatic rings. The number of piperazine rings is 1. The fourth-order valence-corrected chi connectivity index (χ4v) is 13.7. The van der Waals surface area contributed by atoms with Gasteiger partial charge in [0.05, 0.1) is 24.4 Å². The Bertz CT molecular complexity index is 1570. The smallest absolute Gasteiger partial charge is 0.305 e. The van der Waals surface area contributed by atoms with Gasteiger partial charge in [-0.05, 0) is 122 Å². The molecule has 514 valence electrons. The maximum absolute atomic E-state index is 12.9. The molecule has 1 aliphatic heterocycles. The van der Waals surface area contributed by atoms with Gasteiger partial charge < -0.3 is 25.2 Å². The minimum atomic E-state index is -0.419. The molecule has 1 rings (SSSR count). The maximum atomic E-state index is 12.9. The molecule has 88 heavy (non-hydrogen) atoms. The minimum Gasteiger partial charge on any atom is -0.464 e. The van der Waals surface area contributed by atoms with E-state index in [4.69, 9.17) is 4.74 Å². The van der Waals surface area contributed by atoms with Gasteiger partial charge in [0.25, 0.3) is 0 Å².